The number of amides is 1. The molecule has 4 rings (SSSR count). The Morgan fingerprint density at radius 3 is 2.40 bits per heavy atom. The molecule has 2 atom stereocenters. The highest BCUT2D eigenvalue weighted by Crippen LogP contribution is 2.38. The predicted octanol–water partition coefficient (Wildman–Crippen LogP) is 3.26. The van der Waals surface area contributed by atoms with E-state index < -0.39 is 0 Å². The van der Waals surface area contributed by atoms with Crippen molar-refractivity contribution in [2.45, 2.75) is 63.5 Å². The molecule has 0 aromatic carbocycles. The van der Waals surface area contributed by atoms with Gasteiger partial charge in [-0.15, -0.1) is 0 Å². The lowest BCUT2D eigenvalue weighted by atomic mass is 9.82. The SMILES string of the molecule is O=C(O[C@@H]1CCCN(C(=O)C2CCC2)[C@@H]1c1cccnc1)C1CCC1. The third kappa shape index (κ3) is 3.29. The fraction of sp³-hybridized carbons (Fsp3) is 0.650. The highest BCUT2D eigenvalue weighted by Gasteiger charge is 2.42. The molecule has 2 aliphatic carbocycles. The quantitative estimate of drug-likeness (QED) is 0.788. The van der Waals surface area contributed by atoms with E-state index in [1.165, 1.54) is 0 Å². The van der Waals surface area contributed by atoms with Crippen LogP contribution in [0.15, 0.2) is 24.5 Å². The van der Waals surface area contributed by atoms with Gasteiger partial charge in [-0.2, -0.15) is 0 Å². The first kappa shape index (κ1) is 16.6. The molecule has 1 aromatic rings. The molecule has 2 heterocycles. The number of carbonyl (C=O) groups is 2. The summed E-state index contributed by atoms with van der Waals surface area (Å²) in [5.74, 6) is 0.361. The van der Waals surface area contributed by atoms with Crippen molar-refractivity contribution in [3.8, 4) is 0 Å². The summed E-state index contributed by atoms with van der Waals surface area (Å²) >= 11 is 0. The maximum absolute atomic E-state index is 13.0. The number of esters is 1. The molecular weight excluding hydrogens is 316 g/mol. The van der Waals surface area contributed by atoms with Crippen molar-refractivity contribution in [3.05, 3.63) is 30.1 Å². The molecule has 1 amide bonds. The van der Waals surface area contributed by atoms with E-state index in [1.54, 1.807) is 12.4 Å². The number of pyridine rings is 1. The summed E-state index contributed by atoms with van der Waals surface area (Å²) in [6, 6.07) is 3.69. The van der Waals surface area contributed by atoms with E-state index in [2.05, 4.69) is 4.98 Å². The van der Waals surface area contributed by atoms with Crippen LogP contribution >= 0.6 is 0 Å². The molecule has 0 N–H and O–H groups in total. The van der Waals surface area contributed by atoms with Gasteiger partial charge in [-0.25, -0.2) is 0 Å². The Balaban J connectivity index is 1.57. The third-order valence-corrected chi connectivity index (χ3v) is 6.05. The molecule has 1 aromatic heterocycles. The first-order valence-electron chi connectivity index (χ1n) is 9.65. The molecule has 1 aliphatic heterocycles. The molecule has 0 unspecified atom stereocenters. The topological polar surface area (TPSA) is 59.5 Å². The van der Waals surface area contributed by atoms with Gasteiger partial charge in [0.1, 0.15) is 6.10 Å². The summed E-state index contributed by atoms with van der Waals surface area (Å²) in [4.78, 5) is 31.6. The van der Waals surface area contributed by atoms with Crippen molar-refractivity contribution in [2.24, 2.45) is 11.8 Å². The average Bonchev–Trinajstić information content (AvgIpc) is 2.52. The summed E-state index contributed by atoms with van der Waals surface area (Å²) in [7, 11) is 0. The number of nitrogens with zero attached hydrogens (tertiary/aromatic N) is 2. The van der Waals surface area contributed by atoms with Crippen molar-refractivity contribution in [1.82, 2.24) is 9.88 Å². The third-order valence-electron chi connectivity index (χ3n) is 6.05. The van der Waals surface area contributed by atoms with Crippen LogP contribution in [0.4, 0.5) is 0 Å². The molecule has 1 saturated heterocycles. The second kappa shape index (κ2) is 7.14. The van der Waals surface area contributed by atoms with Gasteiger partial charge in [0.15, 0.2) is 0 Å². The molecule has 3 fully saturated rings. The van der Waals surface area contributed by atoms with Crippen molar-refractivity contribution < 1.29 is 14.3 Å². The van der Waals surface area contributed by atoms with Gasteiger partial charge in [-0.1, -0.05) is 18.9 Å². The van der Waals surface area contributed by atoms with Crippen LogP contribution < -0.4 is 0 Å². The molecule has 5 nitrogen and oxygen atoms in total. The highest BCUT2D eigenvalue weighted by atomic mass is 16.5. The second-order valence-electron chi connectivity index (χ2n) is 7.64. The Morgan fingerprint density at radius 2 is 1.80 bits per heavy atom. The summed E-state index contributed by atoms with van der Waals surface area (Å²) in [6.45, 7) is 0.742. The Hall–Kier alpha value is -1.91. The lowest BCUT2D eigenvalue weighted by Crippen LogP contribution is -2.50. The van der Waals surface area contributed by atoms with Crippen LogP contribution in [0.1, 0.15) is 63.0 Å². The maximum Gasteiger partial charge on any atom is 0.309 e. The monoisotopic (exact) mass is 342 g/mol. The van der Waals surface area contributed by atoms with Crippen molar-refractivity contribution in [1.29, 1.82) is 0 Å². The average molecular weight is 342 g/mol. The minimum Gasteiger partial charge on any atom is -0.460 e. The zero-order valence-corrected chi connectivity index (χ0v) is 14.6. The maximum atomic E-state index is 13.0. The standard InChI is InChI=1S/C20H26N2O3/c23-19(14-5-1-6-14)22-12-4-10-17(25-20(24)15-7-2-8-15)18(22)16-9-3-11-21-13-16/h3,9,11,13-15,17-18H,1-2,4-8,10,12H2/t17-,18-/m1/s1. The summed E-state index contributed by atoms with van der Waals surface area (Å²) in [6.07, 6.45) is 11.1. The van der Waals surface area contributed by atoms with Crippen LogP contribution in [-0.4, -0.2) is 34.4 Å². The van der Waals surface area contributed by atoms with E-state index in [4.69, 9.17) is 4.74 Å². The van der Waals surface area contributed by atoms with Crippen LogP contribution in [0, 0.1) is 11.8 Å². The van der Waals surface area contributed by atoms with E-state index in [1.807, 2.05) is 17.0 Å². The smallest absolute Gasteiger partial charge is 0.309 e. The Bertz CT molecular complexity index is 625. The first-order valence-corrected chi connectivity index (χ1v) is 9.65. The molecule has 0 spiro atoms. The second-order valence-corrected chi connectivity index (χ2v) is 7.64. The van der Waals surface area contributed by atoms with E-state index >= 15 is 0 Å². The van der Waals surface area contributed by atoms with E-state index in [0.29, 0.717) is 0 Å². The number of hydrogen-bond acceptors (Lipinski definition) is 4. The summed E-state index contributed by atoms with van der Waals surface area (Å²) in [5, 5.41) is 0. The fourth-order valence-corrected chi connectivity index (χ4v) is 4.06. The van der Waals surface area contributed by atoms with Gasteiger partial charge in [-0.05, 0) is 50.2 Å². The Morgan fingerprint density at radius 1 is 1.04 bits per heavy atom. The molecule has 134 valence electrons. The molecule has 2 saturated carbocycles. The zero-order valence-electron chi connectivity index (χ0n) is 14.6. The number of likely N-dealkylation sites (tertiary alicyclic amines) is 1. The van der Waals surface area contributed by atoms with Crippen molar-refractivity contribution >= 4 is 11.9 Å². The summed E-state index contributed by atoms with van der Waals surface area (Å²) < 4.78 is 5.91. The number of piperidine rings is 1. The van der Waals surface area contributed by atoms with Crippen LogP contribution in [-0.2, 0) is 14.3 Å². The molecule has 0 radical (unpaired) electrons. The van der Waals surface area contributed by atoms with Gasteiger partial charge in [0, 0.05) is 24.9 Å². The number of carbonyl (C=O) groups excluding carboxylic acids is 2. The van der Waals surface area contributed by atoms with Gasteiger partial charge in [0.25, 0.3) is 0 Å². The first-order chi connectivity index (χ1) is 12.2. The number of ether oxygens (including phenoxy) is 1. The molecule has 5 heteroatoms. The summed E-state index contributed by atoms with van der Waals surface area (Å²) in [5.41, 5.74) is 0.973. The van der Waals surface area contributed by atoms with Gasteiger partial charge in [-0.3, -0.25) is 14.6 Å². The van der Waals surface area contributed by atoms with Crippen molar-refractivity contribution in [2.75, 3.05) is 6.54 Å². The minimum absolute atomic E-state index is 0.0623. The van der Waals surface area contributed by atoms with Crippen LogP contribution in [0.5, 0.6) is 0 Å². The Labute approximate surface area is 148 Å². The van der Waals surface area contributed by atoms with Crippen LogP contribution in [0.3, 0.4) is 0 Å². The molecule has 0 bridgehead atoms. The number of aromatic nitrogens is 1. The van der Waals surface area contributed by atoms with E-state index in [-0.39, 0.29) is 35.9 Å². The van der Waals surface area contributed by atoms with E-state index in [9.17, 15) is 9.59 Å². The zero-order chi connectivity index (χ0) is 17.2. The van der Waals surface area contributed by atoms with Gasteiger partial charge < -0.3 is 9.64 Å². The lowest BCUT2D eigenvalue weighted by molar-refractivity contribution is -0.168. The van der Waals surface area contributed by atoms with Gasteiger partial charge in [0.05, 0.1) is 12.0 Å². The van der Waals surface area contributed by atoms with Crippen molar-refractivity contribution in [3.63, 3.8) is 0 Å². The lowest BCUT2D eigenvalue weighted by Gasteiger charge is -2.44. The fourth-order valence-electron chi connectivity index (χ4n) is 4.06. The molecule has 3 aliphatic rings. The predicted molar refractivity (Wildman–Crippen MR) is 92.5 cm³/mol. The highest BCUT2D eigenvalue weighted by molar-refractivity contribution is 5.80. The largest absolute Gasteiger partial charge is 0.460 e. The Kier molecular flexibility index (Phi) is 4.73. The minimum atomic E-state index is -0.255. The van der Waals surface area contributed by atoms with Gasteiger partial charge >= 0.3 is 5.97 Å². The van der Waals surface area contributed by atoms with Gasteiger partial charge in [0.2, 0.25) is 5.91 Å². The van der Waals surface area contributed by atoms with Crippen LogP contribution in [0.25, 0.3) is 0 Å². The number of hydrogen-bond donors (Lipinski definition) is 0. The molecule has 25 heavy (non-hydrogen) atoms. The van der Waals surface area contributed by atoms with Crippen LogP contribution in [0.2, 0.25) is 0 Å². The normalized spacial score (nSPS) is 27.3. The van der Waals surface area contributed by atoms with E-state index in [0.717, 1.165) is 63.5 Å². The number of rotatable bonds is 4. The molecular formula is C20H26N2O3.